The van der Waals surface area contributed by atoms with E-state index in [2.05, 4.69) is 10.1 Å². The summed E-state index contributed by atoms with van der Waals surface area (Å²) in [6.45, 7) is 6.28. The minimum absolute atomic E-state index is 0.0611. The molecule has 0 aliphatic carbocycles. The number of carbonyl (C=O) groups excluding carboxylic acids is 1. The highest BCUT2D eigenvalue weighted by Crippen LogP contribution is 2.29. The van der Waals surface area contributed by atoms with E-state index >= 15 is 0 Å². The summed E-state index contributed by atoms with van der Waals surface area (Å²) in [6, 6.07) is 6.44. The van der Waals surface area contributed by atoms with Crippen LogP contribution in [0.2, 0.25) is 0 Å². The maximum atomic E-state index is 13.4. The summed E-state index contributed by atoms with van der Waals surface area (Å²) in [4.78, 5) is 18.8. The Morgan fingerprint density at radius 1 is 1.25 bits per heavy atom. The number of sulfonamides is 1. The van der Waals surface area contributed by atoms with Crippen molar-refractivity contribution in [3.8, 4) is 0 Å². The molecule has 8 nitrogen and oxygen atoms in total. The molecule has 0 bridgehead atoms. The summed E-state index contributed by atoms with van der Waals surface area (Å²) in [7, 11) is -3.71. The van der Waals surface area contributed by atoms with Crippen LogP contribution < -0.4 is 0 Å². The molecule has 1 saturated heterocycles. The molecule has 0 spiro atoms. The van der Waals surface area contributed by atoms with Crippen molar-refractivity contribution in [1.29, 1.82) is 0 Å². The third-order valence-corrected chi connectivity index (χ3v) is 6.95. The van der Waals surface area contributed by atoms with Crippen LogP contribution in [-0.4, -0.2) is 53.3 Å². The average molecular weight is 407 g/mol. The van der Waals surface area contributed by atoms with E-state index in [1.54, 1.807) is 30.9 Å². The lowest BCUT2D eigenvalue weighted by Crippen LogP contribution is -2.40. The highest BCUT2D eigenvalue weighted by Gasteiger charge is 2.37. The predicted octanol–water partition coefficient (Wildman–Crippen LogP) is 2.31. The molecule has 2 heterocycles. The van der Waals surface area contributed by atoms with Gasteiger partial charge in [-0.25, -0.2) is 8.42 Å². The van der Waals surface area contributed by atoms with Crippen molar-refractivity contribution in [3.63, 3.8) is 0 Å². The average Bonchev–Trinajstić information content (AvgIpc) is 3.00. The van der Waals surface area contributed by atoms with Gasteiger partial charge in [0.2, 0.25) is 15.9 Å². The quantitative estimate of drug-likeness (QED) is 0.756. The Labute approximate surface area is 165 Å². The highest BCUT2D eigenvalue weighted by molar-refractivity contribution is 7.89. The third kappa shape index (κ3) is 3.95. The molecule has 1 amide bonds. The topological polar surface area (TPSA) is 96.6 Å². The number of aryl methyl sites for hydroxylation is 2. The fourth-order valence-corrected chi connectivity index (χ4v) is 5.30. The van der Waals surface area contributed by atoms with E-state index in [-0.39, 0.29) is 18.3 Å². The number of nitrogens with zero attached hydrogens (tertiary/aromatic N) is 4. The first-order valence-corrected chi connectivity index (χ1v) is 11.0. The monoisotopic (exact) mass is 406 g/mol. The lowest BCUT2D eigenvalue weighted by molar-refractivity contribution is -0.133. The number of hydrogen-bond donors (Lipinski definition) is 0. The number of aromatic nitrogens is 2. The molecular weight excluding hydrogens is 380 g/mol. The first-order valence-electron chi connectivity index (χ1n) is 9.56. The molecule has 1 atom stereocenters. The molecule has 0 radical (unpaired) electrons. The molecule has 28 heavy (non-hydrogen) atoms. The van der Waals surface area contributed by atoms with E-state index in [1.165, 1.54) is 4.31 Å². The van der Waals surface area contributed by atoms with Gasteiger partial charge in [0.1, 0.15) is 6.04 Å². The Kier molecular flexibility index (Phi) is 6.14. The summed E-state index contributed by atoms with van der Waals surface area (Å²) in [5, 5.41) is 3.82. The minimum Gasteiger partial charge on any atom is -0.337 e. The normalized spacial score (nSPS) is 18.8. The Bertz CT molecular complexity index is 941. The summed E-state index contributed by atoms with van der Waals surface area (Å²) in [6.07, 6.45) is 1.49. The Hall–Kier alpha value is -2.26. The van der Waals surface area contributed by atoms with Gasteiger partial charge in [0.25, 0.3) is 5.89 Å². The van der Waals surface area contributed by atoms with E-state index in [9.17, 15) is 13.2 Å². The molecule has 1 aromatic carbocycles. The smallest absolute Gasteiger partial charge is 0.250 e. The van der Waals surface area contributed by atoms with Crippen molar-refractivity contribution >= 4 is 15.9 Å². The molecule has 1 fully saturated rings. The van der Waals surface area contributed by atoms with E-state index in [1.807, 2.05) is 19.1 Å². The number of carbonyl (C=O) groups is 1. The van der Waals surface area contributed by atoms with Crippen LogP contribution in [0.4, 0.5) is 0 Å². The molecule has 1 aliphatic heterocycles. The molecule has 2 aromatic rings. The van der Waals surface area contributed by atoms with E-state index in [0.717, 1.165) is 5.56 Å². The van der Waals surface area contributed by atoms with Gasteiger partial charge in [0.05, 0.1) is 4.90 Å². The zero-order chi connectivity index (χ0) is 20.3. The molecule has 152 valence electrons. The second-order valence-electron chi connectivity index (χ2n) is 6.81. The standard InChI is InChI=1S/C19H26N4O4S/c1-4-15-9-6-7-10-17(15)28(25,26)22-11-8-12-23(18(24)5-2)16(13-22)19-20-14(3)21-27-19/h6-7,9-10,16H,4-5,8,11-13H2,1-3H3. The van der Waals surface area contributed by atoms with Gasteiger partial charge in [-0.05, 0) is 31.4 Å². The molecule has 1 unspecified atom stereocenters. The van der Waals surface area contributed by atoms with Crippen molar-refractivity contribution in [2.75, 3.05) is 19.6 Å². The fourth-order valence-electron chi connectivity index (χ4n) is 3.52. The fraction of sp³-hybridized carbons (Fsp3) is 0.526. The Balaban J connectivity index is 2.00. The van der Waals surface area contributed by atoms with Crippen LogP contribution >= 0.6 is 0 Å². The minimum atomic E-state index is -3.71. The number of amides is 1. The van der Waals surface area contributed by atoms with Crippen LogP contribution in [0, 0.1) is 6.92 Å². The first-order chi connectivity index (χ1) is 13.4. The molecule has 3 rings (SSSR count). The van der Waals surface area contributed by atoms with Crippen molar-refractivity contribution in [2.24, 2.45) is 0 Å². The number of rotatable bonds is 5. The van der Waals surface area contributed by atoms with E-state index < -0.39 is 16.1 Å². The van der Waals surface area contributed by atoms with Gasteiger partial charge >= 0.3 is 0 Å². The second-order valence-corrected chi connectivity index (χ2v) is 8.72. The van der Waals surface area contributed by atoms with Gasteiger partial charge in [-0.3, -0.25) is 4.79 Å². The summed E-state index contributed by atoms with van der Waals surface area (Å²) >= 11 is 0. The summed E-state index contributed by atoms with van der Waals surface area (Å²) in [5.41, 5.74) is 0.776. The van der Waals surface area contributed by atoms with Crippen LogP contribution in [-0.2, 0) is 21.2 Å². The maximum absolute atomic E-state index is 13.4. The van der Waals surface area contributed by atoms with Crippen molar-refractivity contribution < 1.29 is 17.7 Å². The van der Waals surface area contributed by atoms with Gasteiger partial charge in [-0.2, -0.15) is 9.29 Å². The summed E-state index contributed by atoms with van der Waals surface area (Å²) < 4.78 is 33.6. The Morgan fingerprint density at radius 3 is 2.64 bits per heavy atom. The van der Waals surface area contributed by atoms with Gasteiger partial charge in [0, 0.05) is 26.1 Å². The first kappa shape index (κ1) is 20.5. The lowest BCUT2D eigenvalue weighted by atomic mass is 10.2. The molecule has 1 aromatic heterocycles. The van der Waals surface area contributed by atoms with Crippen LogP contribution in [0.3, 0.4) is 0 Å². The number of hydrogen-bond acceptors (Lipinski definition) is 6. The molecule has 1 aliphatic rings. The molecular formula is C19H26N4O4S. The highest BCUT2D eigenvalue weighted by atomic mass is 32.2. The van der Waals surface area contributed by atoms with Crippen molar-refractivity contribution in [2.45, 2.75) is 51.0 Å². The molecule has 9 heteroatoms. The predicted molar refractivity (Wildman–Crippen MR) is 103 cm³/mol. The van der Waals surface area contributed by atoms with Gasteiger partial charge in [0.15, 0.2) is 5.82 Å². The van der Waals surface area contributed by atoms with Crippen LogP contribution in [0.15, 0.2) is 33.7 Å². The SMILES string of the molecule is CCC(=O)N1CCCN(S(=O)(=O)c2ccccc2CC)CC1c1nc(C)no1. The molecule has 0 saturated carbocycles. The van der Waals surface area contributed by atoms with E-state index in [4.69, 9.17) is 4.52 Å². The van der Waals surface area contributed by atoms with Crippen molar-refractivity contribution in [3.05, 3.63) is 41.5 Å². The van der Waals surface area contributed by atoms with Gasteiger partial charge in [-0.1, -0.05) is 37.2 Å². The molecule has 0 N–H and O–H groups in total. The van der Waals surface area contributed by atoms with E-state index in [0.29, 0.717) is 43.1 Å². The second kappa shape index (κ2) is 8.40. The number of benzene rings is 1. The van der Waals surface area contributed by atoms with Gasteiger partial charge < -0.3 is 9.42 Å². The summed E-state index contributed by atoms with van der Waals surface area (Å²) in [5.74, 6) is 0.660. The van der Waals surface area contributed by atoms with Gasteiger partial charge in [-0.15, -0.1) is 0 Å². The van der Waals surface area contributed by atoms with Crippen LogP contribution in [0.1, 0.15) is 50.0 Å². The largest absolute Gasteiger partial charge is 0.337 e. The zero-order valence-corrected chi connectivity index (χ0v) is 17.3. The zero-order valence-electron chi connectivity index (χ0n) is 16.5. The third-order valence-electron chi connectivity index (χ3n) is 4.98. The Morgan fingerprint density at radius 2 is 2.00 bits per heavy atom. The maximum Gasteiger partial charge on any atom is 0.250 e. The van der Waals surface area contributed by atoms with Crippen LogP contribution in [0.5, 0.6) is 0 Å². The van der Waals surface area contributed by atoms with Crippen LogP contribution in [0.25, 0.3) is 0 Å². The van der Waals surface area contributed by atoms with Crippen molar-refractivity contribution in [1.82, 2.24) is 19.3 Å². The lowest BCUT2D eigenvalue weighted by Gasteiger charge is -2.29.